The number of carbonyl (C=O) groups is 2. The molecule has 206 valence electrons. The van der Waals surface area contributed by atoms with Crippen LogP contribution in [0.3, 0.4) is 0 Å². The second-order valence-corrected chi connectivity index (χ2v) is 11.0. The van der Waals surface area contributed by atoms with Gasteiger partial charge in [-0.25, -0.2) is 14.6 Å². The quantitative estimate of drug-likeness (QED) is 0.521. The summed E-state index contributed by atoms with van der Waals surface area (Å²) in [5.41, 5.74) is 0.624. The van der Waals surface area contributed by atoms with Crippen molar-refractivity contribution in [1.82, 2.24) is 14.9 Å². The summed E-state index contributed by atoms with van der Waals surface area (Å²) in [6.45, 7) is 11.8. The molecule has 38 heavy (non-hydrogen) atoms. The predicted molar refractivity (Wildman–Crippen MR) is 144 cm³/mol. The molecule has 4 rings (SSSR count). The van der Waals surface area contributed by atoms with E-state index in [1.807, 2.05) is 58.0 Å². The number of hydrogen-bond donors (Lipinski definition) is 1. The second kappa shape index (κ2) is 12.0. The summed E-state index contributed by atoms with van der Waals surface area (Å²) in [6.07, 6.45) is 2.37. The van der Waals surface area contributed by atoms with E-state index in [1.165, 1.54) is 0 Å². The number of aromatic nitrogens is 2. The molecule has 1 aromatic carbocycles. The van der Waals surface area contributed by atoms with Gasteiger partial charge in [-0.1, -0.05) is 30.3 Å². The highest BCUT2D eigenvalue weighted by molar-refractivity contribution is 5.89. The second-order valence-electron chi connectivity index (χ2n) is 11.0. The van der Waals surface area contributed by atoms with Crippen molar-refractivity contribution in [2.24, 2.45) is 5.92 Å². The van der Waals surface area contributed by atoms with Gasteiger partial charge in [0, 0.05) is 25.3 Å². The maximum Gasteiger partial charge on any atom is 0.416 e. The summed E-state index contributed by atoms with van der Waals surface area (Å²) in [4.78, 5) is 37.4. The minimum atomic E-state index is -0.441. The molecule has 2 aliphatic rings. The van der Waals surface area contributed by atoms with E-state index in [2.05, 4.69) is 22.2 Å². The van der Waals surface area contributed by atoms with Crippen LogP contribution in [0, 0.1) is 5.92 Å². The van der Waals surface area contributed by atoms with Gasteiger partial charge in [-0.15, -0.1) is 0 Å². The van der Waals surface area contributed by atoms with Crippen LogP contribution in [0.1, 0.15) is 53.0 Å². The van der Waals surface area contributed by atoms with E-state index in [0.717, 1.165) is 18.4 Å². The third-order valence-corrected chi connectivity index (χ3v) is 6.94. The Kier molecular flexibility index (Phi) is 8.71. The van der Waals surface area contributed by atoms with Crippen LogP contribution in [-0.4, -0.2) is 70.5 Å². The van der Waals surface area contributed by atoms with E-state index < -0.39 is 6.09 Å². The van der Waals surface area contributed by atoms with Gasteiger partial charge in [0.05, 0.1) is 11.7 Å². The number of anilines is 2. The van der Waals surface area contributed by atoms with E-state index in [9.17, 15) is 9.59 Å². The maximum atomic E-state index is 12.6. The molecule has 1 N–H and O–H groups in total. The van der Waals surface area contributed by atoms with Gasteiger partial charge in [0.15, 0.2) is 0 Å². The Bertz CT molecular complexity index is 1080. The summed E-state index contributed by atoms with van der Waals surface area (Å²) in [6, 6.07) is 11.2. The van der Waals surface area contributed by atoms with Crippen LogP contribution in [-0.2, 0) is 20.8 Å². The fourth-order valence-corrected chi connectivity index (χ4v) is 4.95. The topological polar surface area (TPSA) is 106 Å². The fourth-order valence-electron chi connectivity index (χ4n) is 4.95. The zero-order valence-electron chi connectivity index (χ0n) is 22.9. The third kappa shape index (κ3) is 7.12. The van der Waals surface area contributed by atoms with Crippen molar-refractivity contribution < 1.29 is 23.8 Å². The van der Waals surface area contributed by atoms with Crippen molar-refractivity contribution in [2.45, 2.75) is 77.9 Å². The maximum absolute atomic E-state index is 12.6. The van der Waals surface area contributed by atoms with Crippen LogP contribution in [0.4, 0.5) is 21.4 Å². The van der Waals surface area contributed by atoms with E-state index in [-0.39, 0.29) is 43.1 Å². The SMILES string of the molecule is C[C@H](Nc1nccc(N2C(=O)OC[C@@H]2[C@H](C)OC(C)(C)C)n1)C1CCN(C(=O)OCc2ccccc2)CC1. The van der Waals surface area contributed by atoms with Gasteiger partial charge in [0.2, 0.25) is 5.95 Å². The summed E-state index contributed by atoms with van der Waals surface area (Å²) in [5.74, 6) is 1.26. The summed E-state index contributed by atoms with van der Waals surface area (Å²) in [7, 11) is 0. The van der Waals surface area contributed by atoms with Gasteiger partial charge < -0.3 is 24.4 Å². The van der Waals surface area contributed by atoms with Gasteiger partial charge >= 0.3 is 12.2 Å². The van der Waals surface area contributed by atoms with Gasteiger partial charge in [0.1, 0.15) is 25.1 Å². The fraction of sp³-hybridized carbons (Fsp3) is 0.571. The molecule has 3 heterocycles. The molecule has 2 amide bonds. The van der Waals surface area contributed by atoms with Crippen LogP contribution in [0.2, 0.25) is 0 Å². The minimum absolute atomic E-state index is 0.0808. The Morgan fingerprint density at radius 2 is 1.87 bits per heavy atom. The summed E-state index contributed by atoms with van der Waals surface area (Å²) in [5, 5.41) is 3.40. The Labute approximate surface area is 224 Å². The molecule has 1 aromatic heterocycles. The molecular formula is C28H39N5O5. The Hall–Kier alpha value is -3.40. The number of cyclic esters (lactones) is 1. The summed E-state index contributed by atoms with van der Waals surface area (Å²) < 4.78 is 16.9. The smallest absolute Gasteiger partial charge is 0.416 e. The number of nitrogens with zero attached hydrogens (tertiary/aromatic N) is 4. The van der Waals surface area contributed by atoms with Crippen molar-refractivity contribution >= 4 is 24.0 Å². The number of hydrogen-bond acceptors (Lipinski definition) is 8. The first kappa shape index (κ1) is 27.6. The Morgan fingerprint density at radius 1 is 1.16 bits per heavy atom. The minimum Gasteiger partial charge on any atom is -0.447 e. The Morgan fingerprint density at radius 3 is 2.55 bits per heavy atom. The van der Waals surface area contributed by atoms with Crippen LogP contribution in [0.5, 0.6) is 0 Å². The van der Waals surface area contributed by atoms with Crippen LogP contribution >= 0.6 is 0 Å². The molecule has 0 saturated carbocycles. The predicted octanol–water partition coefficient (Wildman–Crippen LogP) is 4.85. The number of likely N-dealkylation sites (tertiary alicyclic amines) is 1. The van der Waals surface area contributed by atoms with Gasteiger partial charge in [-0.3, -0.25) is 4.90 Å². The third-order valence-electron chi connectivity index (χ3n) is 6.94. The van der Waals surface area contributed by atoms with Gasteiger partial charge in [-0.05, 0) is 65.0 Å². The number of nitrogens with one attached hydrogen (secondary N) is 1. The van der Waals surface area contributed by atoms with Crippen molar-refractivity contribution in [2.75, 3.05) is 29.9 Å². The molecule has 3 atom stereocenters. The van der Waals surface area contributed by atoms with Gasteiger partial charge in [0.25, 0.3) is 0 Å². The average Bonchev–Trinajstić information content (AvgIpc) is 3.28. The zero-order chi connectivity index (χ0) is 27.3. The number of rotatable bonds is 8. The first-order valence-corrected chi connectivity index (χ1v) is 13.3. The summed E-state index contributed by atoms with van der Waals surface area (Å²) >= 11 is 0. The normalized spacial score (nSPS) is 20.1. The van der Waals surface area contributed by atoms with E-state index in [0.29, 0.717) is 30.8 Å². The first-order chi connectivity index (χ1) is 18.1. The lowest BCUT2D eigenvalue weighted by molar-refractivity contribution is -0.0618. The molecular weight excluding hydrogens is 486 g/mol. The highest BCUT2D eigenvalue weighted by Crippen LogP contribution is 2.28. The molecule has 2 aliphatic heterocycles. The van der Waals surface area contributed by atoms with Crippen LogP contribution < -0.4 is 10.2 Å². The number of carbonyl (C=O) groups excluding carboxylic acids is 2. The van der Waals surface area contributed by atoms with E-state index in [1.54, 1.807) is 22.1 Å². The lowest BCUT2D eigenvalue weighted by Crippen LogP contribution is -2.45. The molecule has 0 radical (unpaired) electrons. The monoisotopic (exact) mass is 525 g/mol. The van der Waals surface area contributed by atoms with Crippen molar-refractivity contribution in [3.8, 4) is 0 Å². The number of ether oxygens (including phenoxy) is 3. The number of amides is 2. The molecule has 0 aliphatic carbocycles. The molecule has 0 spiro atoms. The van der Waals surface area contributed by atoms with Crippen LogP contribution in [0.15, 0.2) is 42.6 Å². The van der Waals surface area contributed by atoms with Crippen LogP contribution in [0.25, 0.3) is 0 Å². The molecule has 2 saturated heterocycles. The molecule has 10 nitrogen and oxygen atoms in total. The molecule has 10 heteroatoms. The molecule has 0 bridgehead atoms. The van der Waals surface area contributed by atoms with Crippen molar-refractivity contribution in [1.29, 1.82) is 0 Å². The lowest BCUT2D eigenvalue weighted by atomic mass is 9.90. The average molecular weight is 526 g/mol. The highest BCUT2D eigenvalue weighted by Gasteiger charge is 2.40. The van der Waals surface area contributed by atoms with Gasteiger partial charge in [-0.2, -0.15) is 4.98 Å². The highest BCUT2D eigenvalue weighted by atomic mass is 16.6. The van der Waals surface area contributed by atoms with E-state index >= 15 is 0 Å². The molecule has 2 aromatic rings. The van der Waals surface area contributed by atoms with Crippen molar-refractivity contribution in [3.63, 3.8) is 0 Å². The van der Waals surface area contributed by atoms with Crippen molar-refractivity contribution in [3.05, 3.63) is 48.2 Å². The Balaban J connectivity index is 1.31. The zero-order valence-corrected chi connectivity index (χ0v) is 22.9. The first-order valence-electron chi connectivity index (χ1n) is 13.3. The number of piperidine rings is 1. The largest absolute Gasteiger partial charge is 0.447 e. The standard InChI is InChI=1S/C28H39N5O5/c1-19(22-12-15-32(16-13-22)26(34)36-17-21-9-7-6-8-10-21)30-25-29-14-11-24(31-25)33-23(18-37-27(33)35)20(2)38-28(3,4)5/h6-11,14,19-20,22-23H,12-13,15-18H2,1-5H3,(H,29,30,31)/t19-,20-,23+/m0/s1. The molecule has 2 fully saturated rings. The number of benzene rings is 1. The lowest BCUT2D eigenvalue weighted by Gasteiger charge is -2.34. The molecule has 0 unspecified atom stereocenters. The van der Waals surface area contributed by atoms with E-state index in [4.69, 9.17) is 14.2 Å².